The fraction of sp³-hybridized carbons (Fsp3) is 0.143. The lowest BCUT2D eigenvalue weighted by Gasteiger charge is -2.09. The Morgan fingerprint density at radius 1 is 1.09 bits per heavy atom. The van der Waals surface area contributed by atoms with Crippen molar-refractivity contribution in [3.8, 4) is 28.8 Å². The molecule has 2 aromatic carbocycles. The van der Waals surface area contributed by atoms with Gasteiger partial charge < -0.3 is 24.8 Å². The number of nitrogens with one attached hydrogen (secondary N) is 2. The monoisotopic (exact) mass is 436 g/mol. The highest BCUT2D eigenvalue weighted by atomic mass is 19.1. The fourth-order valence-corrected chi connectivity index (χ4v) is 3.13. The van der Waals surface area contributed by atoms with E-state index in [1.54, 1.807) is 42.5 Å². The van der Waals surface area contributed by atoms with Crippen LogP contribution in [0.3, 0.4) is 0 Å². The maximum atomic E-state index is 13.6. The molecule has 0 saturated carbocycles. The van der Waals surface area contributed by atoms with Crippen molar-refractivity contribution in [2.75, 3.05) is 25.3 Å². The van der Waals surface area contributed by atoms with Gasteiger partial charge in [0.05, 0.1) is 6.54 Å². The molecule has 0 atom stereocenters. The van der Waals surface area contributed by atoms with E-state index in [9.17, 15) is 9.18 Å². The minimum absolute atomic E-state index is 0.168. The predicted octanol–water partition coefficient (Wildman–Crippen LogP) is 2.86. The van der Waals surface area contributed by atoms with E-state index < -0.39 is 0 Å². The number of hydrogen-bond acceptors (Lipinski definition) is 7. The fourth-order valence-electron chi connectivity index (χ4n) is 3.13. The maximum Gasteiger partial charge on any atom is 0.319 e. The quantitative estimate of drug-likeness (QED) is 0.447. The smallest absolute Gasteiger partial charge is 0.319 e. The lowest BCUT2D eigenvalue weighted by atomic mass is 10.2. The van der Waals surface area contributed by atoms with Crippen LogP contribution in [0, 0.1) is 5.82 Å². The molecule has 3 heterocycles. The van der Waals surface area contributed by atoms with Gasteiger partial charge in [0, 0.05) is 23.4 Å². The Morgan fingerprint density at radius 3 is 2.91 bits per heavy atom. The number of halogens is 1. The number of ether oxygens (including phenoxy) is 3. The maximum absolute atomic E-state index is 13.6. The third kappa shape index (κ3) is 4.08. The summed E-state index contributed by atoms with van der Waals surface area (Å²) < 4.78 is 31.2. The number of nitrogens with zero attached hydrogens (tertiary/aromatic N) is 4. The Balaban J connectivity index is 1.17. The van der Waals surface area contributed by atoms with Gasteiger partial charge in [-0.05, 0) is 30.3 Å². The first-order chi connectivity index (χ1) is 15.7. The van der Waals surface area contributed by atoms with Gasteiger partial charge in [0.1, 0.15) is 12.4 Å². The molecule has 10 nitrogen and oxygen atoms in total. The van der Waals surface area contributed by atoms with Crippen molar-refractivity contribution in [3.63, 3.8) is 0 Å². The zero-order valence-corrected chi connectivity index (χ0v) is 16.6. The zero-order valence-electron chi connectivity index (χ0n) is 16.6. The Labute approximate surface area is 180 Å². The van der Waals surface area contributed by atoms with Crippen molar-refractivity contribution in [2.24, 2.45) is 0 Å². The minimum Gasteiger partial charge on any atom is -0.475 e. The first-order valence-corrected chi connectivity index (χ1v) is 9.71. The van der Waals surface area contributed by atoms with Gasteiger partial charge in [-0.1, -0.05) is 12.1 Å². The summed E-state index contributed by atoms with van der Waals surface area (Å²) in [5.41, 5.74) is 1.62. The molecular weight excluding hydrogens is 419 g/mol. The van der Waals surface area contributed by atoms with Crippen LogP contribution in [0.25, 0.3) is 17.0 Å². The molecule has 1 aliphatic rings. The average Bonchev–Trinajstić information content (AvgIpc) is 3.43. The highest BCUT2D eigenvalue weighted by Crippen LogP contribution is 2.34. The van der Waals surface area contributed by atoms with Crippen LogP contribution in [0.5, 0.6) is 17.4 Å². The van der Waals surface area contributed by atoms with E-state index in [0.717, 1.165) is 0 Å². The number of carbonyl (C=O) groups is 1. The number of amides is 2. The number of urea groups is 1. The van der Waals surface area contributed by atoms with Crippen LogP contribution in [0.4, 0.5) is 14.9 Å². The molecule has 0 radical (unpaired) electrons. The Kier molecular flexibility index (Phi) is 5.12. The molecule has 4 aromatic rings. The lowest BCUT2D eigenvalue weighted by molar-refractivity contribution is 0.174. The Bertz CT molecular complexity index is 1290. The van der Waals surface area contributed by atoms with E-state index in [1.165, 1.54) is 16.6 Å². The van der Waals surface area contributed by atoms with E-state index in [1.807, 2.05) is 0 Å². The molecule has 2 amide bonds. The number of anilines is 1. The number of rotatable bonds is 6. The van der Waals surface area contributed by atoms with Crippen molar-refractivity contribution < 1.29 is 23.4 Å². The molecule has 32 heavy (non-hydrogen) atoms. The molecule has 11 heteroatoms. The van der Waals surface area contributed by atoms with Gasteiger partial charge in [0.25, 0.3) is 0 Å². The molecule has 1 aliphatic heterocycles. The minimum atomic E-state index is -0.386. The van der Waals surface area contributed by atoms with Crippen LogP contribution in [0.1, 0.15) is 0 Å². The second-order valence-corrected chi connectivity index (χ2v) is 6.77. The van der Waals surface area contributed by atoms with Crippen molar-refractivity contribution in [3.05, 3.63) is 60.4 Å². The molecular formula is C21H17FN6O4. The van der Waals surface area contributed by atoms with E-state index in [2.05, 4.69) is 25.9 Å². The number of benzene rings is 2. The molecule has 0 unspecified atom stereocenters. The molecule has 5 rings (SSSR count). The number of hydrogen-bond donors (Lipinski definition) is 2. The molecule has 0 aliphatic carbocycles. The standard InChI is InChI=1S/C21H17FN6O4/c22-14-3-1-2-13(10-14)20-26-25-18-6-7-19(27-28(18)20)30-9-8-23-21(29)24-15-4-5-16-17(11-15)32-12-31-16/h1-7,10-11H,8-9,12H2,(H2,23,24,29). The van der Waals surface area contributed by atoms with Gasteiger partial charge in [0.15, 0.2) is 23.0 Å². The van der Waals surface area contributed by atoms with Crippen molar-refractivity contribution >= 4 is 17.4 Å². The van der Waals surface area contributed by atoms with Gasteiger partial charge in [-0.2, -0.15) is 4.52 Å². The molecule has 2 aromatic heterocycles. The highest BCUT2D eigenvalue weighted by molar-refractivity contribution is 5.89. The van der Waals surface area contributed by atoms with Gasteiger partial charge >= 0.3 is 6.03 Å². The van der Waals surface area contributed by atoms with E-state index in [0.29, 0.717) is 40.1 Å². The molecule has 0 spiro atoms. The molecule has 0 bridgehead atoms. The number of carbonyl (C=O) groups excluding carboxylic acids is 1. The summed E-state index contributed by atoms with van der Waals surface area (Å²) >= 11 is 0. The lowest BCUT2D eigenvalue weighted by Crippen LogP contribution is -2.32. The van der Waals surface area contributed by atoms with Crippen LogP contribution >= 0.6 is 0 Å². The van der Waals surface area contributed by atoms with Gasteiger partial charge in [0.2, 0.25) is 12.7 Å². The third-order valence-electron chi connectivity index (χ3n) is 4.59. The van der Waals surface area contributed by atoms with E-state index >= 15 is 0 Å². The van der Waals surface area contributed by atoms with Gasteiger partial charge in [-0.15, -0.1) is 15.3 Å². The summed E-state index contributed by atoms with van der Waals surface area (Å²) in [6.07, 6.45) is 0. The average molecular weight is 436 g/mol. The molecule has 2 N–H and O–H groups in total. The second-order valence-electron chi connectivity index (χ2n) is 6.77. The van der Waals surface area contributed by atoms with Crippen LogP contribution in [0.15, 0.2) is 54.6 Å². The van der Waals surface area contributed by atoms with Crippen molar-refractivity contribution in [1.82, 2.24) is 25.1 Å². The molecule has 0 fully saturated rings. The summed E-state index contributed by atoms with van der Waals surface area (Å²) in [5, 5.41) is 17.9. The summed E-state index contributed by atoms with van der Waals surface area (Å²) in [7, 11) is 0. The summed E-state index contributed by atoms with van der Waals surface area (Å²) in [6, 6.07) is 14.1. The van der Waals surface area contributed by atoms with Crippen molar-refractivity contribution in [2.45, 2.75) is 0 Å². The SMILES string of the molecule is O=C(NCCOc1ccc2nnc(-c3cccc(F)c3)n2n1)Nc1ccc2c(c1)OCO2. The first kappa shape index (κ1) is 19.5. The first-order valence-electron chi connectivity index (χ1n) is 9.71. The molecule has 0 saturated heterocycles. The number of fused-ring (bicyclic) bond motifs is 2. The van der Waals surface area contributed by atoms with Gasteiger partial charge in [-0.3, -0.25) is 0 Å². The highest BCUT2D eigenvalue weighted by Gasteiger charge is 2.14. The van der Waals surface area contributed by atoms with Crippen LogP contribution in [-0.4, -0.2) is 45.8 Å². The second kappa shape index (κ2) is 8.38. The predicted molar refractivity (Wildman–Crippen MR) is 111 cm³/mol. The van der Waals surface area contributed by atoms with Crippen LogP contribution in [-0.2, 0) is 0 Å². The normalized spacial score (nSPS) is 12.0. The van der Waals surface area contributed by atoms with Gasteiger partial charge in [-0.25, -0.2) is 9.18 Å². The van der Waals surface area contributed by atoms with E-state index in [-0.39, 0.29) is 31.8 Å². The topological polar surface area (TPSA) is 112 Å². The number of aromatic nitrogens is 4. The zero-order chi connectivity index (χ0) is 21.9. The van der Waals surface area contributed by atoms with E-state index in [4.69, 9.17) is 14.2 Å². The van der Waals surface area contributed by atoms with Crippen LogP contribution in [0.2, 0.25) is 0 Å². The Morgan fingerprint density at radius 2 is 2.00 bits per heavy atom. The largest absolute Gasteiger partial charge is 0.475 e. The Hall–Kier alpha value is -4.41. The van der Waals surface area contributed by atoms with Crippen molar-refractivity contribution in [1.29, 1.82) is 0 Å². The molecule has 162 valence electrons. The summed E-state index contributed by atoms with van der Waals surface area (Å²) in [6.45, 7) is 0.598. The third-order valence-corrected chi connectivity index (χ3v) is 4.59. The summed E-state index contributed by atoms with van der Waals surface area (Å²) in [4.78, 5) is 12.1. The summed E-state index contributed by atoms with van der Waals surface area (Å²) in [5.74, 6) is 1.55. The van der Waals surface area contributed by atoms with Crippen LogP contribution < -0.4 is 24.8 Å².